The Morgan fingerprint density at radius 1 is 1.12 bits per heavy atom. The van der Waals surface area contributed by atoms with Crippen LogP contribution >= 0.6 is 11.8 Å². The standard InChI is InChI=1S/C32H34FN9O5S/c1-16-26(37-13-17-2-3-19-24(25(17)33)31(46)42(30(19)45)20-4-5-23(43)40-28(20)44)32(15-47-16)7-10-41(11-8-32)22-14-38-29(27(35)39-22)48-18-6-9-36-21(34)12-18/h2-3,6,9,12,14,16,20,26,37H,4-5,7-8,10-11,13,15H2,1H3,(H2,34,36)(H2,35,39)(H,40,43,44)/t16-,20?,26+/m0/s1. The van der Waals surface area contributed by atoms with Gasteiger partial charge >= 0.3 is 0 Å². The average Bonchev–Trinajstić information content (AvgIpc) is 3.50. The molecule has 4 amide bonds. The van der Waals surface area contributed by atoms with Crippen LogP contribution < -0.4 is 27.0 Å². The summed E-state index contributed by atoms with van der Waals surface area (Å²) < 4.78 is 22.0. The Morgan fingerprint density at radius 3 is 2.65 bits per heavy atom. The topological polar surface area (TPSA) is 199 Å². The highest BCUT2D eigenvalue weighted by Gasteiger charge is 2.50. The van der Waals surface area contributed by atoms with Gasteiger partial charge in [0.05, 0.1) is 30.0 Å². The number of hydrogen-bond acceptors (Lipinski definition) is 13. The van der Waals surface area contributed by atoms with Crippen LogP contribution in [0.3, 0.4) is 0 Å². The number of carbonyl (C=O) groups is 4. The third-order valence-corrected chi connectivity index (χ3v) is 10.7. The summed E-state index contributed by atoms with van der Waals surface area (Å²) in [7, 11) is 0. The largest absolute Gasteiger partial charge is 0.384 e. The monoisotopic (exact) mass is 675 g/mol. The number of imide groups is 2. The number of aromatic nitrogens is 3. The molecule has 7 rings (SSSR count). The van der Waals surface area contributed by atoms with E-state index in [4.69, 9.17) is 16.2 Å². The zero-order valence-corrected chi connectivity index (χ0v) is 26.9. The van der Waals surface area contributed by atoms with Crippen LogP contribution in [0.15, 0.2) is 46.6 Å². The molecule has 14 nitrogen and oxygen atoms in total. The Kier molecular flexibility index (Phi) is 8.25. The molecule has 1 unspecified atom stereocenters. The number of carbonyl (C=O) groups excluding carboxylic acids is 4. The number of nitrogen functional groups attached to an aromatic ring is 2. The summed E-state index contributed by atoms with van der Waals surface area (Å²) in [5.41, 5.74) is 11.6. The molecular weight excluding hydrogens is 641 g/mol. The maximum absolute atomic E-state index is 15.9. The molecule has 0 bridgehead atoms. The van der Waals surface area contributed by atoms with E-state index < -0.39 is 35.5 Å². The van der Waals surface area contributed by atoms with Gasteiger partial charge in [-0.15, -0.1) is 0 Å². The third kappa shape index (κ3) is 5.62. The molecular formula is C32H34FN9O5S. The summed E-state index contributed by atoms with van der Waals surface area (Å²) in [4.78, 5) is 67.3. The van der Waals surface area contributed by atoms with Crippen molar-refractivity contribution in [2.24, 2.45) is 5.41 Å². The van der Waals surface area contributed by atoms with E-state index in [1.807, 2.05) is 13.0 Å². The SMILES string of the molecule is C[C@@H]1OCC2(CCN(c3cnc(Sc4ccnc(N)c4)c(N)n3)CC2)[C@@H]1NCc1ccc2c(c1F)C(=O)N(C1CCC(=O)NC1=O)C2=O. The quantitative estimate of drug-likeness (QED) is 0.265. The Morgan fingerprint density at radius 2 is 1.92 bits per heavy atom. The molecule has 6 heterocycles. The maximum atomic E-state index is 15.9. The Balaban J connectivity index is 1.01. The lowest BCUT2D eigenvalue weighted by molar-refractivity contribution is -0.136. The summed E-state index contributed by atoms with van der Waals surface area (Å²) in [6.07, 6.45) is 4.74. The minimum atomic E-state index is -1.16. The number of benzene rings is 1. The molecule has 2 aromatic heterocycles. The van der Waals surface area contributed by atoms with Gasteiger partial charge in [-0.25, -0.2) is 19.3 Å². The molecule has 4 aliphatic rings. The first-order chi connectivity index (χ1) is 23.0. The number of ether oxygens (including phenoxy) is 1. The predicted molar refractivity (Wildman–Crippen MR) is 172 cm³/mol. The second-order valence-electron chi connectivity index (χ2n) is 12.6. The Labute approximate surface area is 279 Å². The first-order valence-electron chi connectivity index (χ1n) is 15.7. The molecule has 3 atom stereocenters. The van der Waals surface area contributed by atoms with Crippen LogP contribution in [0.5, 0.6) is 0 Å². The van der Waals surface area contributed by atoms with Crippen molar-refractivity contribution >= 4 is 52.8 Å². The van der Waals surface area contributed by atoms with Gasteiger partial charge in [0, 0.05) is 54.2 Å². The van der Waals surface area contributed by atoms with Gasteiger partial charge < -0.3 is 26.4 Å². The summed E-state index contributed by atoms with van der Waals surface area (Å²) >= 11 is 1.36. The van der Waals surface area contributed by atoms with Gasteiger partial charge in [-0.1, -0.05) is 17.8 Å². The molecule has 48 heavy (non-hydrogen) atoms. The van der Waals surface area contributed by atoms with E-state index in [1.54, 1.807) is 18.5 Å². The van der Waals surface area contributed by atoms with E-state index in [1.165, 1.54) is 23.9 Å². The molecule has 1 spiro atoms. The van der Waals surface area contributed by atoms with Crippen molar-refractivity contribution in [3.8, 4) is 0 Å². The van der Waals surface area contributed by atoms with Gasteiger partial charge in [0.25, 0.3) is 11.8 Å². The van der Waals surface area contributed by atoms with Crippen LogP contribution in [-0.4, -0.2) is 81.4 Å². The number of anilines is 3. The van der Waals surface area contributed by atoms with Crippen LogP contribution in [0, 0.1) is 11.2 Å². The summed E-state index contributed by atoms with van der Waals surface area (Å²) in [6, 6.07) is 5.22. The van der Waals surface area contributed by atoms with Crippen molar-refractivity contribution < 1.29 is 28.3 Å². The van der Waals surface area contributed by atoms with E-state index in [0.29, 0.717) is 42.2 Å². The number of nitrogens with one attached hydrogen (secondary N) is 2. The van der Waals surface area contributed by atoms with Gasteiger partial charge in [0.15, 0.2) is 5.82 Å². The lowest BCUT2D eigenvalue weighted by atomic mass is 9.73. The smallest absolute Gasteiger partial charge is 0.265 e. The number of fused-ring (bicyclic) bond motifs is 1. The van der Waals surface area contributed by atoms with E-state index >= 15 is 4.39 Å². The Hall–Kier alpha value is -4.67. The minimum absolute atomic E-state index is 0.00211. The molecule has 6 N–H and O–H groups in total. The van der Waals surface area contributed by atoms with E-state index in [2.05, 4.69) is 30.5 Å². The maximum Gasteiger partial charge on any atom is 0.265 e. The van der Waals surface area contributed by atoms with Crippen molar-refractivity contribution in [2.75, 3.05) is 36.1 Å². The van der Waals surface area contributed by atoms with Crippen LogP contribution in [0.25, 0.3) is 0 Å². The van der Waals surface area contributed by atoms with E-state index in [0.717, 1.165) is 22.6 Å². The number of piperidine rings is 2. The van der Waals surface area contributed by atoms with Crippen LogP contribution in [0.1, 0.15) is 58.9 Å². The summed E-state index contributed by atoms with van der Waals surface area (Å²) in [5.74, 6) is -2.22. The lowest BCUT2D eigenvalue weighted by Gasteiger charge is -2.43. The summed E-state index contributed by atoms with van der Waals surface area (Å²) in [5, 5.41) is 6.22. The first-order valence-corrected chi connectivity index (χ1v) is 16.5. The predicted octanol–water partition coefficient (Wildman–Crippen LogP) is 1.89. The van der Waals surface area contributed by atoms with E-state index in [-0.39, 0.29) is 53.6 Å². The fourth-order valence-corrected chi connectivity index (χ4v) is 7.92. The fraction of sp³-hybridized carbons (Fsp3) is 0.406. The fourth-order valence-electron chi connectivity index (χ4n) is 7.13. The summed E-state index contributed by atoms with van der Waals surface area (Å²) in [6.45, 7) is 4.01. The van der Waals surface area contributed by atoms with Crippen molar-refractivity contribution in [3.05, 3.63) is 59.2 Å². The molecule has 3 saturated heterocycles. The third-order valence-electron chi connectivity index (χ3n) is 9.70. The molecule has 3 fully saturated rings. The highest BCUT2D eigenvalue weighted by atomic mass is 32.2. The highest BCUT2D eigenvalue weighted by Crippen LogP contribution is 2.43. The number of rotatable bonds is 7. The normalized spacial score (nSPS) is 23.6. The second-order valence-corrected chi connectivity index (χ2v) is 13.6. The zero-order valence-electron chi connectivity index (χ0n) is 26.1. The van der Waals surface area contributed by atoms with Gasteiger partial charge in [-0.3, -0.25) is 29.4 Å². The Bertz CT molecular complexity index is 1840. The number of hydrogen-bond donors (Lipinski definition) is 4. The molecule has 1 aromatic carbocycles. The van der Waals surface area contributed by atoms with Crippen LogP contribution in [0.2, 0.25) is 0 Å². The molecule has 250 valence electrons. The van der Waals surface area contributed by atoms with Gasteiger partial charge in [-0.05, 0) is 44.4 Å². The van der Waals surface area contributed by atoms with Crippen molar-refractivity contribution in [3.63, 3.8) is 0 Å². The van der Waals surface area contributed by atoms with Gasteiger partial charge in [-0.2, -0.15) is 0 Å². The molecule has 0 saturated carbocycles. The molecule has 0 radical (unpaired) electrons. The molecule has 0 aliphatic carbocycles. The molecule has 3 aromatic rings. The van der Waals surface area contributed by atoms with Crippen molar-refractivity contribution in [1.82, 2.24) is 30.5 Å². The lowest BCUT2D eigenvalue weighted by Crippen LogP contribution is -2.54. The van der Waals surface area contributed by atoms with Crippen LogP contribution in [-0.2, 0) is 20.9 Å². The second kappa shape index (κ2) is 12.4. The highest BCUT2D eigenvalue weighted by molar-refractivity contribution is 7.99. The number of halogens is 1. The number of nitrogens with zero attached hydrogens (tertiary/aromatic N) is 5. The van der Waals surface area contributed by atoms with Crippen molar-refractivity contribution in [2.45, 2.75) is 67.3 Å². The minimum Gasteiger partial charge on any atom is -0.384 e. The molecule has 4 aliphatic heterocycles. The van der Waals surface area contributed by atoms with E-state index in [9.17, 15) is 19.2 Å². The molecule has 16 heteroatoms. The van der Waals surface area contributed by atoms with Crippen LogP contribution in [0.4, 0.5) is 21.8 Å². The number of pyridine rings is 1. The number of nitrogens with two attached hydrogens (primary N) is 2. The first kappa shape index (κ1) is 31.9. The average molecular weight is 676 g/mol. The zero-order chi connectivity index (χ0) is 33.7. The van der Waals surface area contributed by atoms with Gasteiger partial charge in [0.1, 0.15) is 28.5 Å². The van der Waals surface area contributed by atoms with Crippen molar-refractivity contribution in [1.29, 1.82) is 0 Å². The number of amides is 4. The van der Waals surface area contributed by atoms with Gasteiger partial charge in [0.2, 0.25) is 11.8 Å².